The molecule has 8 atom stereocenters. The zero-order chi connectivity index (χ0) is 24.4. The molecule has 0 aromatic carbocycles. The first-order valence-corrected chi connectivity index (χ1v) is 13.7. The number of rotatable bonds is 6. The van der Waals surface area contributed by atoms with E-state index in [0.717, 1.165) is 57.8 Å². The van der Waals surface area contributed by atoms with E-state index in [2.05, 4.69) is 26.8 Å². The maximum Gasteiger partial charge on any atom is 0.193 e. The van der Waals surface area contributed by atoms with E-state index in [1.54, 1.807) is 12.3 Å². The van der Waals surface area contributed by atoms with Crippen molar-refractivity contribution in [3.8, 4) is 0 Å². The molecule has 1 heterocycles. The van der Waals surface area contributed by atoms with E-state index in [1.807, 2.05) is 13.8 Å². The van der Waals surface area contributed by atoms with Crippen LogP contribution >= 0.6 is 0 Å². The Morgan fingerprint density at radius 2 is 2.00 bits per heavy atom. The summed E-state index contributed by atoms with van der Waals surface area (Å²) in [7, 11) is 0. The predicted molar refractivity (Wildman–Crippen MR) is 131 cm³/mol. The van der Waals surface area contributed by atoms with Gasteiger partial charge in [-0.05, 0) is 88.4 Å². The average Bonchev–Trinajstić information content (AvgIpc) is 3.19. The third kappa shape index (κ3) is 3.48. The molecule has 3 saturated carbocycles. The summed E-state index contributed by atoms with van der Waals surface area (Å²) >= 11 is 0. The number of unbranched alkanes of at least 4 members (excludes halogenated alkanes) is 1. The quantitative estimate of drug-likeness (QED) is 0.232. The SMILES string of the molecule is CCCCO/C=C/C(=O)[C@]12OC(C)(C)O[C@@H]1C[C@@H]1[C@H]3CC=C4C[C@@H](O)CC[C@]4(C)[C@@H]3CC[C@@]12C. The minimum absolute atomic E-state index is 0.00191. The van der Waals surface area contributed by atoms with Crippen molar-refractivity contribution < 1.29 is 24.1 Å². The highest BCUT2D eigenvalue weighted by Crippen LogP contribution is 2.70. The zero-order valence-corrected chi connectivity index (χ0v) is 21.8. The molecule has 34 heavy (non-hydrogen) atoms. The summed E-state index contributed by atoms with van der Waals surface area (Å²) in [6.07, 6.45) is 14.0. The third-order valence-corrected chi connectivity index (χ3v) is 10.4. The van der Waals surface area contributed by atoms with Gasteiger partial charge in [-0.2, -0.15) is 0 Å². The van der Waals surface area contributed by atoms with Gasteiger partial charge in [0.2, 0.25) is 0 Å². The van der Waals surface area contributed by atoms with Gasteiger partial charge in [-0.25, -0.2) is 0 Å². The molecule has 0 spiro atoms. The summed E-state index contributed by atoms with van der Waals surface area (Å²) in [5, 5.41) is 10.3. The van der Waals surface area contributed by atoms with Crippen LogP contribution in [0.4, 0.5) is 0 Å². The second-order valence-electron chi connectivity index (χ2n) is 12.6. The maximum atomic E-state index is 13.9. The Balaban J connectivity index is 1.46. The lowest BCUT2D eigenvalue weighted by molar-refractivity contribution is -0.212. The Kier molecular flexibility index (Phi) is 6.10. The first kappa shape index (κ1) is 24.5. The van der Waals surface area contributed by atoms with Gasteiger partial charge in [0.15, 0.2) is 17.2 Å². The van der Waals surface area contributed by atoms with Gasteiger partial charge in [0.25, 0.3) is 0 Å². The molecule has 0 unspecified atom stereocenters. The molecule has 5 nitrogen and oxygen atoms in total. The van der Waals surface area contributed by atoms with E-state index in [0.29, 0.717) is 24.4 Å². The van der Waals surface area contributed by atoms with Gasteiger partial charge in [0, 0.05) is 11.5 Å². The molecule has 1 saturated heterocycles. The number of aliphatic hydroxyl groups is 1. The maximum absolute atomic E-state index is 13.9. The topological polar surface area (TPSA) is 65.0 Å². The van der Waals surface area contributed by atoms with E-state index >= 15 is 0 Å². The molecule has 0 amide bonds. The van der Waals surface area contributed by atoms with Crippen LogP contribution in [0.15, 0.2) is 24.0 Å². The Labute approximate surface area is 205 Å². The van der Waals surface area contributed by atoms with Gasteiger partial charge in [0.1, 0.15) is 0 Å². The van der Waals surface area contributed by atoms with Crippen LogP contribution < -0.4 is 0 Å². The predicted octanol–water partition coefficient (Wildman–Crippen LogP) is 5.71. The fraction of sp³-hybridized carbons (Fsp3) is 0.828. The summed E-state index contributed by atoms with van der Waals surface area (Å²) in [4.78, 5) is 13.9. The summed E-state index contributed by atoms with van der Waals surface area (Å²) in [5.74, 6) is 0.741. The highest BCUT2D eigenvalue weighted by molar-refractivity contribution is 5.99. The van der Waals surface area contributed by atoms with Crippen LogP contribution in [0.5, 0.6) is 0 Å². The van der Waals surface area contributed by atoms with Gasteiger partial charge in [0.05, 0.1) is 25.1 Å². The lowest BCUT2D eigenvalue weighted by Crippen LogP contribution is -2.60. The zero-order valence-electron chi connectivity index (χ0n) is 21.8. The fourth-order valence-corrected chi connectivity index (χ4v) is 8.71. The number of allylic oxidation sites excluding steroid dienone is 1. The monoisotopic (exact) mass is 472 g/mol. The highest BCUT2D eigenvalue weighted by Gasteiger charge is 2.75. The van der Waals surface area contributed by atoms with Gasteiger partial charge < -0.3 is 19.3 Å². The summed E-state index contributed by atoms with van der Waals surface area (Å²) < 4.78 is 18.7. The standard InChI is InChI=1S/C29H44O5/c1-6-7-15-32-16-12-24(31)29-25(33-26(2,3)34-29)18-23-21-9-8-19-17-20(30)10-13-27(19,4)22(21)11-14-28(23,29)5/h8,12,16,20-23,25,30H,6-7,9-11,13-15,17-18H2,1-5H3/b16-12+/t20-,21-,22+,23+,25+,27-,28-,29-/m0/s1. The molecule has 190 valence electrons. The first-order chi connectivity index (χ1) is 16.1. The molecule has 0 bridgehead atoms. The van der Waals surface area contributed by atoms with E-state index < -0.39 is 11.4 Å². The van der Waals surface area contributed by atoms with Crippen molar-refractivity contribution in [2.75, 3.05) is 6.61 Å². The highest BCUT2D eigenvalue weighted by atomic mass is 16.8. The van der Waals surface area contributed by atoms with Crippen LogP contribution in [-0.4, -0.2) is 41.1 Å². The molecule has 0 radical (unpaired) electrons. The van der Waals surface area contributed by atoms with E-state index in [-0.39, 0.29) is 28.8 Å². The summed E-state index contributed by atoms with van der Waals surface area (Å²) in [5.41, 5.74) is 0.422. The number of aliphatic hydroxyl groups excluding tert-OH is 1. The minimum atomic E-state index is -0.954. The van der Waals surface area contributed by atoms with Crippen LogP contribution in [0.3, 0.4) is 0 Å². The lowest BCUT2D eigenvalue weighted by Gasteiger charge is -2.59. The van der Waals surface area contributed by atoms with Crippen LogP contribution in [0, 0.1) is 28.6 Å². The van der Waals surface area contributed by atoms with Crippen molar-refractivity contribution in [3.63, 3.8) is 0 Å². The van der Waals surface area contributed by atoms with Crippen molar-refractivity contribution in [1.82, 2.24) is 0 Å². The molecule has 5 heteroatoms. The van der Waals surface area contributed by atoms with Crippen molar-refractivity contribution in [1.29, 1.82) is 0 Å². The van der Waals surface area contributed by atoms with Crippen LogP contribution in [0.1, 0.15) is 92.4 Å². The summed E-state index contributed by atoms with van der Waals surface area (Å²) in [6.45, 7) is 11.4. The average molecular weight is 473 g/mol. The number of ether oxygens (including phenoxy) is 3. The number of carbonyl (C=O) groups excluding carboxylic acids is 1. The second kappa shape index (κ2) is 8.45. The molecule has 0 aromatic heterocycles. The number of fused-ring (bicyclic) bond motifs is 7. The Morgan fingerprint density at radius 1 is 1.21 bits per heavy atom. The van der Waals surface area contributed by atoms with Gasteiger partial charge in [-0.15, -0.1) is 0 Å². The molecule has 1 aliphatic heterocycles. The van der Waals surface area contributed by atoms with Gasteiger partial charge in [-0.1, -0.05) is 38.8 Å². The van der Waals surface area contributed by atoms with Gasteiger partial charge >= 0.3 is 0 Å². The third-order valence-electron chi connectivity index (χ3n) is 10.4. The normalized spacial score (nSPS) is 46.9. The minimum Gasteiger partial charge on any atom is -0.501 e. The molecule has 5 aliphatic rings. The van der Waals surface area contributed by atoms with Crippen molar-refractivity contribution >= 4 is 5.78 Å². The molecule has 5 rings (SSSR count). The number of hydrogen-bond donors (Lipinski definition) is 1. The number of carbonyl (C=O) groups is 1. The second-order valence-corrected chi connectivity index (χ2v) is 12.6. The van der Waals surface area contributed by atoms with E-state index in [9.17, 15) is 9.90 Å². The summed E-state index contributed by atoms with van der Waals surface area (Å²) in [6, 6.07) is 0. The van der Waals surface area contributed by atoms with Crippen LogP contribution in [0.2, 0.25) is 0 Å². The Morgan fingerprint density at radius 3 is 2.76 bits per heavy atom. The number of ketones is 1. The van der Waals surface area contributed by atoms with Gasteiger partial charge in [-0.3, -0.25) is 4.79 Å². The fourth-order valence-electron chi connectivity index (χ4n) is 8.71. The first-order valence-electron chi connectivity index (χ1n) is 13.7. The molecule has 4 aliphatic carbocycles. The molecule has 1 N–H and O–H groups in total. The lowest BCUT2D eigenvalue weighted by atomic mass is 9.46. The molecule has 4 fully saturated rings. The van der Waals surface area contributed by atoms with Crippen molar-refractivity contribution in [2.24, 2.45) is 28.6 Å². The Bertz CT molecular complexity index is 876. The smallest absolute Gasteiger partial charge is 0.193 e. The largest absolute Gasteiger partial charge is 0.501 e. The Hall–Kier alpha value is -1.17. The number of hydrogen-bond acceptors (Lipinski definition) is 5. The van der Waals surface area contributed by atoms with Crippen LogP contribution in [-0.2, 0) is 19.0 Å². The van der Waals surface area contributed by atoms with Crippen LogP contribution in [0.25, 0.3) is 0 Å². The van der Waals surface area contributed by atoms with E-state index in [4.69, 9.17) is 14.2 Å². The molecular weight excluding hydrogens is 428 g/mol. The van der Waals surface area contributed by atoms with Crippen molar-refractivity contribution in [2.45, 2.75) is 116 Å². The van der Waals surface area contributed by atoms with Crippen molar-refractivity contribution in [3.05, 3.63) is 24.0 Å². The molecule has 0 aromatic rings. The molecular formula is C29H44O5. The van der Waals surface area contributed by atoms with E-state index in [1.165, 1.54) is 5.57 Å².